The fourth-order valence-corrected chi connectivity index (χ4v) is 3.41. The average molecular weight is 339 g/mol. The zero-order chi connectivity index (χ0) is 14.7. The molecule has 1 heterocycles. The summed E-state index contributed by atoms with van der Waals surface area (Å²) in [4.78, 5) is 2.62. The molecular weight excluding hydrogens is 312 g/mol. The molecule has 1 aromatic carbocycles. The van der Waals surface area contributed by atoms with Gasteiger partial charge in [-0.15, -0.1) is 0 Å². The van der Waals surface area contributed by atoms with Gasteiger partial charge in [-0.3, -0.25) is 0 Å². The van der Waals surface area contributed by atoms with Crippen LogP contribution in [0.2, 0.25) is 0 Å². The number of nitrogens with zero attached hydrogens (tertiary/aromatic N) is 1. The first-order chi connectivity index (χ1) is 9.58. The summed E-state index contributed by atoms with van der Waals surface area (Å²) in [5, 5.41) is 3.75. The largest absolute Gasteiger partial charge is 0.365 e. The van der Waals surface area contributed by atoms with Crippen molar-refractivity contribution in [1.82, 2.24) is 5.32 Å². The van der Waals surface area contributed by atoms with Crippen molar-refractivity contribution < 1.29 is 0 Å². The van der Waals surface area contributed by atoms with Gasteiger partial charge in [0, 0.05) is 35.3 Å². The lowest BCUT2D eigenvalue weighted by molar-refractivity contribution is 0.306. The fourth-order valence-electron chi connectivity index (χ4n) is 3.06. The molecule has 0 radical (unpaired) electrons. The van der Waals surface area contributed by atoms with Crippen LogP contribution in [0.15, 0.2) is 22.7 Å². The van der Waals surface area contributed by atoms with Crippen LogP contribution in [-0.4, -0.2) is 25.2 Å². The SMILES string of the molecule is CCC(C)C1CN(c2cccc(Br)c2C)C(CC)CN1. The summed E-state index contributed by atoms with van der Waals surface area (Å²) >= 11 is 3.67. The summed E-state index contributed by atoms with van der Waals surface area (Å²) in [6.45, 7) is 11.4. The zero-order valence-electron chi connectivity index (χ0n) is 13.1. The van der Waals surface area contributed by atoms with Gasteiger partial charge in [-0.1, -0.05) is 49.2 Å². The maximum atomic E-state index is 3.75. The van der Waals surface area contributed by atoms with E-state index in [1.165, 1.54) is 28.6 Å². The molecule has 1 saturated heterocycles. The maximum Gasteiger partial charge on any atom is 0.0412 e. The third kappa shape index (κ3) is 3.20. The van der Waals surface area contributed by atoms with Crippen molar-refractivity contribution in [3.8, 4) is 0 Å². The van der Waals surface area contributed by atoms with Gasteiger partial charge in [-0.05, 0) is 37.0 Å². The van der Waals surface area contributed by atoms with Crippen molar-refractivity contribution in [2.45, 2.75) is 52.6 Å². The molecule has 1 aliphatic rings. The Balaban J connectivity index is 2.27. The Bertz CT molecular complexity index is 447. The van der Waals surface area contributed by atoms with Crippen LogP contribution in [0.4, 0.5) is 5.69 Å². The number of anilines is 1. The quantitative estimate of drug-likeness (QED) is 0.877. The highest BCUT2D eigenvalue weighted by molar-refractivity contribution is 9.10. The third-order valence-electron chi connectivity index (χ3n) is 4.80. The minimum atomic E-state index is 0.598. The standard InChI is InChI=1S/C17H27BrN2/c1-5-12(3)16-11-20(14(6-2)10-19-16)17-9-7-8-15(18)13(17)4/h7-9,12,14,16,19H,5-6,10-11H2,1-4H3. The molecule has 1 aliphatic heterocycles. The Morgan fingerprint density at radius 1 is 1.40 bits per heavy atom. The maximum absolute atomic E-state index is 3.75. The van der Waals surface area contributed by atoms with E-state index < -0.39 is 0 Å². The van der Waals surface area contributed by atoms with E-state index in [4.69, 9.17) is 0 Å². The summed E-state index contributed by atoms with van der Waals surface area (Å²) in [6, 6.07) is 7.75. The lowest BCUT2D eigenvalue weighted by atomic mass is 9.94. The molecule has 0 spiro atoms. The van der Waals surface area contributed by atoms with Gasteiger partial charge < -0.3 is 10.2 Å². The third-order valence-corrected chi connectivity index (χ3v) is 5.66. The average Bonchev–Trinajstić information content (AvgIpc) is 2.48. The molecule has 0 aromatic heterocycles. The summed E-state index contributed by atoms with van der Waals surface area (Å²) in [5.74, 6) is 0.725. The highest BCUT2D eigenvalue weighted by Crippen LogP contribution is 2.31. The lowest BCUT2D eigenvalue weighted by Crippen LogP contribution is -2.58. The summed E-state index contributed by atoms with van der Waals surface area (Å²) in [7, 11) is 0. The molecule has 3 atom stereocenters. The molecule has 3 heteroatoms. The van der Waals surface area contributed by atoms with Gasteiger partial charge in [0.2, 0.25) is 0 Å². The number of rotatable bonds is 4. The van der Waals surface area contributed by atoms with Gasteiger partial charge in [0.25, 0.3) is 0 Å². The van der Waals surface area contributed by atoms with Crippen molar-refractivity contribution in [2.75, 3.05) is 18.0 Å². The van der Waals surface area contributed by atoms with Crippen molar-refractivity contribution in [3.05, 3.63) is 28.2 Å². The van der Waals surface area contributed by atoms with E-state index in [1.54, 1.807) is 0 Å². The van der Waals surface area contributed by atoms with Crippen LogP contribution in [0.3, 0.4) is 0 Å². The highest BCUT2D eigenvalue weighted by Gasteiger charge is 2.30. The fraction of sp³-hybridized carbons (Fsp3) is 0.647. The minimum Gasteiger partial charge on any atom is -0.365 e. The van der Waals surface area contributed by atoms with E-state index in [9.17, 15) is 0 Å². The first-order valence-electron chi connectivity index (χ1n) is 7.83. The van der Waals surface area contributed by atoms with Crippen molar-refractivity contribution in [1.29, 1.82) is 0 Å². The van der Waals surface area contributed by atoms with Crippen molar-refractivity contribution in [2.24, 2.45) is 5.92 Å². The molecular formula is C17H27BrN2. The molecule has 1 aromatic rings. The number of halogens is 1. The van der Waals surface area contributed by atoms with Crippen LogP contribution in [0.5, 0.6) is 0 Å². The number of benzene rings is 1. The molecule has 0 amide bonds. The van der Waals surface area contributed by atoms with E-state index in [0.29, 0.717) is 12.1 Å². The molecule has 1 fully saturated rings. The van der Waals surface area contributed by atoms with Gasteiger partial charge in [0.05, 0.1) is 0 Å². The Kier molecular flexibility index (Phi) is 5.50. The number of piperazine rings is 1. The van der Waals surface area contributed by atoms with Crippen LogP contribution in [0, 0.1) is 12.8 Å². The first kappa shape index (κ1) is 15.8. The van der Waals surface area contributed by atoms with E-state index in [2.05, 4.69) is 72.0 Å². The lowest BCUT2D eigenvalue weighted by Gasteiger charge is -2.44. The molecule has 2 rings (SSSR count). The van der Waals surface area contributed by atoms with E-state index in [0.717, 1.165) is 19.0 Å². The minimum absolute atomic E-state index is 0.598. The molecule has 0 bridgehead atoms. The second-order valence-corrected chi connectivity index (χ2v) is 6.85. The monoisotopic (exact) mass is 338 g/mol. The Morgan fingerprint density at radius 2 is 2.15 bits per heavy atom. The summed E-state index contributed by atoms with van der Waals surface area (Å²) in [5.41, 5.74) is 2.75. The number of hydrogen-bond acceptors (Lipinski definition) is 2. The van der Waals surface area contributed by atoms with Crippen LogP contribution in [-0.2, 0) is 0 Å². The van der Waals surface area contributed by atoms with E-state index in [1.807, 2.05) is 0 Å². The molecule has 112 valence electrons. The Hall–Kier alpha value is -0.540. The molecule has 20 heavy (non-hydrogen) atoms. The predicted molar refractivity (Wildman–Crippen MR) is 91.5 cm³/mol. The second kappa shape index (κ2) is 6.95. The van der Waals surface area contributed by atoms with Crippen molar-refractivity contribution in [3.63, 3.8) is 0 Å². The normalized spacial score (nSPS) is 24.8. The smallest absolute Gasteiger partial charge is 0.0412 e. The van der Waals surface area contributed by atoms with Gasteiger partial charge >= 0.3 is 0 Å². The summed E-state index contributed by atoms with van der Waals surface area (Å²) in [6.07, 6.45) is 2.42. The topological polar surface area (TPSA) is 15.3 Å². The van der Waals surface area contributed by atoms with Gasteiger partial charge in [-0.2, -0.15) is 0 Å². The summed E-state index contributed by atoms with van der Waals surface area (Å²) < 4.78 is 1.21. The van der Waals surface area contributed by atoms with Crippen LogP contribution >= 0.6 is 15.9 Å². The van der Waals surface area contributed by atoms with Gasteiger partial charge in [0.15, 0.2) is 0 Å². The van der Waals surface area contributed by atoms with Crippen LogP contribution in [0.25, 0.3) is 0 Å². The van der Waals surface area contributed by atoms with Crippen molar-refractivity contribution >= 4 is 21.6 Å². The van der Waals surface area contributed by atoms with Gasteiger partial charge in [-0.25, -0.2) is 0 Å². The predicted octanol–water partition coefficient (Wildman–Crippen LogP) is 4.36. The highest BCUT2D eigenvalue weighted by atomic mass is 79.9. The van der Waals surface area contributed by atoms with Gasteiger partial charge in [0.1, 0.15) is 0 Å². The zero-order valence-corrected chi connectivity index (χ0v) is 14.7. The second-order valence-electron chi connectivity index (χ2n) is 6.00. The first-order valence-corrected chi connectivity index (χ1v) is 8.62. The number of hydrogen-bond donors (Lipinski definition) is 1. The van der Waals surface area contributed by atoms with Crippen LogP contribution in [0.1, 0.15) is 39.2 Å². The molecule has 2 nitrogen and oxygen atoms in total. The van der Waals surface area contributed by atoms with E-state index >= 15 is 0 Å². The molecule has 3 unspecified atom stereocenters. The van der Waals surface area contributed by atoms with E-state index in [-0.39, 0.29) is 0 Å². The molecule has 1 N–H and O–H groups in total. The Labute approximate surface area is 132 Å². The van der Waals surface area contributed by atoms with Crippen LogP contribution < -0.4 is 10.2 Å². The Morgan fingerprint density at radius 3 is 2.80 bits per heavy atom. The molecule has 0 aliphatic carbocycles. The molecule has 0 saturated carbocycles. The number of nitrogens with one attached hydrogen (secondary N) is 1.